The second kappa shape index (κ2) is 7.71. The molecule has 1 aromatic rings. The van der Waals surface area contributed by atoms with Crippen molar-refractivity contribution in [2.45, 2.75) is 40.0 Å². The molecule has 0 bridgehead atoms. The van der Waals surface area contributed by atoms with Crippen LogP contribution in [0.15, 0.2) is 24.3 Å². The number of piperazine rings is 1. The van der Waals surface area contributed by atoms with Gasteiger partial charge in [0.1, 0.15) is 0 Å². The monoisotopic (exact) mass is 371 g/mol. The highest BCUT2D eigenvalue weighted by Crippen LogP contribution is 2.23. The number of hydrogen-bond donors (Lipinski definition) is 0. The number of anilines is 1. The van der Waals surface area contributed by atoms with Gasteiger partial charge in [-0.05, 0) is 37.1 Å². The first-order valence-electron chi connectivity index (χ1n) is 9.76. The molecular formula is C21H29N3O3. The van der Waals surface area contributed by atoms with Crippen molar-refractivity contribution in [2.75, 3.05) is 37.6 Å². The van der Waals surface area contributed by atoms with Gasteiger partial charge in [0.25, 0.3) is 5.91 Å². The highest BCUT2D eigenvalue weighted by molar-refractivity contribution is 5.97. The van der Waals surface area contributed by atoms with E-state index in [2.05, 4.69) is 0 Å². The first-order chi connectivity index (χ1) is 12.8. The van der Waals surface area contributed by atoms with Crippen LogP contribution in [-0.2, 0) is 9.59 Å². The number of rotatable bonds is 2. The summed E-state index contributed by atoms with van der Waals surface area (Å²) in [6.45, 7) is 8.74. The number of nitrogens with zero attached hydrogens (tertiary/aromatic N) is 3. The Kier molecular flexibility index (Phi) is 5.53. The molecule has 0 unspecified atom stereocenters. The molecule has 0 saturated carbocycles. The molecule has 2 aliphatic heterocycles. The second-order valence-corrected chi connectivity index (χ2v) is 8.38. The molecule has 2 aliphatic rings. The second-order valence-electron chi connectivity index (χ2n) is 8.38. The third-order valence-corrected chi connectivity index (χ3v) is 5.25. The average Bonchev–Trinajstić information content (AvgIpc) is 2.67. The smallest absolute Gasteiger partial charge is 0.253 e. The van der Waals surface area contributed by atoms with Crippen LogP contribution in [0.2, 0.25) is 0 Å². The maximum absolute atomic E-state index is 12.8. The number of piperidine rings is 1. The van der Waals surface area contributed by atoms with Gasteiger partial charge in [-0.2, -0.15) is 0 Å². The summed E-state index contributed by atoms with van der Waals surface area (Å²) in [6, 6.07) is 7.31. The van der Waals surface area contributed by atoms with Gasteiger partial charge in [-0.3, -0.25) is 14.4 Å². The third kappa shape index (κ3) is 4.31. The van der Waals surface area contributed by atoms with Crippen LogP contribution in [0, 0.1) is 5.41 Å². The topological polar surface area (TPSA) is 60.9 Å². The molecular weight excluding hydrogens is 342 g/mol. The van der Waals surface area contributed by atoms with Crippen molar-refractivity contribution >= 4 is 23.4 Å². The minimum atomic E-state index is -0.395. The lowest BCUT2D eigenvalue weighted by molar-refractivity contribution is -0.141. The van der Waals surface area contributed by atoms with Crippen molar-refractivity contribution in [3.05, 3.63) is 29.8 Å². The number of benzene rings is 1. The van der Waals surface area contributed by atoms with Crippen LogP contribution in [0.4, 0.5) is 5.69 Å². The molecule has 0 aromatic heterocycles. The Balaban J connectivity index is 1.60. The van der Waals surface area contributed by atoms with Crippen LogP contribution in [-0.4, -0.2) is 60.2 Å². The molecule has 6 heteroatoms. The lowest BCUT2D eigenvalue weighted by Gasteiger charge is -2.37. The Hall–Kier alpha value is -2.37. The Labute approximate surface area is 161 Å². The Morgan fingerprint density at radius 3 is 2.00 bits per heavy atom. The summed E-state index contributed by atoms with van der Waals surface area (Å²) in [5.41, 5.74) is 1.09. The number of hydrogen-bond acceptors (Lipinski definition) is 3. The van der Waals surface area contributed by atoms with Crippen molar-refractivity contribution in [3.8, 4) is 0 Å². The van der Waals surface area contributed by atoms with Crippen molar-refractivity contribution in [2.24, 2.45) is 5.41 Å². The quantitative estimate of drug-likeness (QED) is 0.803. The largest absolute Gasteiger partial charge is 0.339 e. The molecule has 2 heterocycles. The average molecular weight is 371 g/mol. The highest BCUT2D eigenvalue weighted by atomic mass is 16.2. The Bertz CT molecular complexity index is 713. The van der Waals surface area contributed by atoms with Crippen molar-refractivity contribution in [3.63, 3.8) is 0 Å². The fourth-order valence-electron chi connectivity index (χ4n) is 3.63. The molecule has 2 saturated heterocycles. The number of carbonyl (C=O) groups is 3. The summed E-state index contributed by atoms with van der Waals surface area (Å²) < 4.78 is 0. The van der Waals surface area contributed by atoms with Gasteiger partial charge >= 0.3 is 0 Å². The number of amides is 3. The molecule has 0 spiro atoms. The van der Waals surface area contributed by atoms with E-state index in [1.165, 1.54) is 0 Å². The summed E-state index contributed by atoms with van der Waals surface area (Å²) in [5, 5.41) is 0. The van der Waals surface area contributed by atoms with Crippen LogP contribution in [0.5, 0.6) is 0 Å². The molecule has 27 heavy (non-hydrogen) atoms. The molecule has 0 N–H and O–H groups in total. The summed E-state index contributed by atoms with van der Waals surface area (Å²) in [4.78, 5) is 42.6. The standard InChI is InChI=1S/C21H29N3O3/c1-21(2,3)20(27)23-14-12-22(13-15-23)19(26)16-7-9-17(10-8-16)24-11-5-4-6-18(24)25/h7-10H,4-6,11-15H2,1-3H3. The molecule has 0 aliphatic carbocycles. The van der Waals surface area contributed by atoms with E-state index >= 15 is 0 Å². The van der Waals surface area contributed by atoms with Gasteiger partial charge in [0.05, 0.1) is 0 Å². The third-order valence-electron chi connectivity index (χ3n) is 5.25. The first kappa shape index (κ1) is 19.4. The van der Waals surface area contributed by atoms with Gasteiger partial charge in [0.15, 0.2) is 0 Å². The first-order valence-corrected chi connectivity index (χ1v) is 9.76. The van der Waals surface area contributed by atoms with Crippen molar-refractivity contribution < 1.29 is 14.4 Å². The van der Waals surface area contributed by atoms with Crippen LogP contribution >= 0.6 is 0 Å². The van der Waals surface area contributed by atoms with Gasteiger partial charge in [-0.15, -0.1) is 0 Å². The molecule has 0 radical (unpaired) electrons. The van der Waals surface area contributed by atoms with Gasteiger partial charge in [0.2, 0.25) is 11.8 Å². The molecule has 146 valence electrons. The summed E-state index contributed by atoms with van der Waals surface area (Å²) in [5.74, 6) is 0.263. The maximum Gasteiger partial charge on any atom is 0.253 e. The fourth-order valence-corrected chi connectivity index (χ4v) is 3.63. The van der Waals surface area contributed by atoms with Crippen molar-refractivity contribution in [1.29, 1.82) is 0 Å². The van der Waals surface area contributed by atoms with E-state index in [1.54, 1.807) is 21.9 Å². The van der Waals surface area contributed by atoms with Crippen molar-refractivity contribution in [1.82, 2.24) is 9.80 Å². The summed E-state index contributed by atoms with van der Waals surface area (Å²) in [6.07, 6.45) is 2.57. The zero-order valence-electron chi connectivity index (χ0n) is 16.5. The summed E-state index contributed by atoms with van der Waals surface area (Å²) in [7, 11) is 0. The lowest BCUT2D eigenvalue weighted by Crippen LogP contribution is -2.53. The Morgan fingerprint density at radius 2 is 1.44 bits per heavy atom. The zero-order valence-corrected chi connectivity index (χ0v) is 16.5. The van der Waals surface area contributed by atoms with E-state index in [0.717, 1.165) is 25.1 Å². The van der Waals surface area contributed by atoms with E-state index in [-0.39, 0.29) is 17.7 Å². The molecule has 6 nitrogen and oxygen atoms in total. The van der Waals surface area contributed by atoms with Crippen LogP contribution in [0.3, 0.4) is 0 Å². The normalized spacial score (nSPS) is 18.6. The van der Waals surface area contributed by atoms with Gasteiger partial charge in [-0.25, -0.2) is 0 Å². The maximum atomic E-state index is 12.8. The molecule has 3 amide bonds. The van der Waals surface area contributed by atoms with Gasteiger partial charge < -0.3 is 14.7 Å². The predicted octanol–water partition coefficient (Wildman–Crippen LogP) is 2.53. The minimum absolute atomic E-state index is 0.0191. The van der Waals surface area contributed by atoms with E-state index in [0.29, 0.717) is 38.2 Å². The van der Waals surface area contributed by atoms with E-state index in [4.69, 9.17) is 0 Å². The summed E-state index contributed by atoms with van der Waals surface area (Å²) >= 11 is 0. The van der Waals surface area contributed by atoms with E-state index in [1.807, 2.05) is 37.8 Å². The van der Waals surface area contributed by atoms with E-state index in [9.17, 15) is 14.4 Å². The highest BCUT2D eigenvalue weighted by Gasteiger charge is 2.31. The van der Waals surface area contributed by atoms with Gasteiger partial charge in [0, 0.05) is 55.8 Å². The molecule has 3 rings (SSSR count). The number of carbonyl (C=O) groups excluding carboxylic acids is 3. The van der Waals surface area contributed by atoms with Crippen LogP contribution in [0.25, 0.3) is 0 Å². The SMILES string of the molecule is CC(C)(C)C(=O)N1CCN(C(=O)c2ccc(N3CCCCC3=O)cc2)CC1. The molecule has 2 fully saturated rings. The van der Waals surface area contributed by atoms with Crippen LogP contribution < -0.4 is 4.90 Å². The predicted molar refractivity (Wildman–Crippen MR) is 105 cm³/mol. The van der Waals surface area contributed by atoms with Gasteiger partial charge in [-0.1, -0.05) is 20.8 Å². The van der Waals surface area contributed by atoms with Crippen LogP contribution in [0.1, 0.15) is 50.4 Å². The minimum Gasteiger partial charge on any atom is -0.339 e. The fraction of sp³-hybridized carbons (Fsp3) is 0.571. The molecule has 0 atom stereocenters. The Morgan fingerprint density at radius 1 is 0.852 bits per heavy atom. The molecule has 1 aromatic carbocycles. The zero-order chi connectivity index (χ0) is 19.6. The van der Waals surface area contributed by atoms with E-state index < -0.39 is 5.41 Å². The lowest BCUT2D eigenvalue weighted by atomic mass is 9.94.